The maximum Gasteiger partial charge on any atom is 0.573 e. The number of alkyl halides is 5. The lowest BCUT2D eigenvalue weighted by molar-refractivity contribution is -0.274. The van der Waals surface area contributed by atoms with E-state index >= 15 is 0 Å². The van der Waals surface area contributed by atoms with Crippen molar-refractivity contribution in [1.82, 2.24) is 0 Å². The molecule has 0 heterocycles. The van der Waals surface area contributed by atoms with Crippen molar-refractivity contribution in [1.29, 1.82) is 0 Å². The van der Waals surface area contributed by atoms with Crippen molar-refractivity contribution in [2.75, 3.05) is 5.73 Å². The lowest BCUT2D eigenvalue weighted by atomic mass is 10.2. The number of nitrogen functional groups attached to an aromatic ring is 1. The number of halogens is 6. The Morgan fingerprint density at radius 3 is 2.25 bits per heavy atom. The lowest BCUT2D eigenvalue weighted by Crippen LogP contribution is -2.19. The Kier molecular flexibility index (Phi) is 3.61. The van der Waals surface area contributed by atoms with Crippen LogP contribution in [0.2, 0.25) is 0 Å². The van der Waals surface area contributed by atoms with Gasteiger partial charge in [-0.1, -0.05) is 15.9 Å². The van der Waals surface area contributed by atoms with Crippen LogP contribution < -0.4 is 10.5 Å². The first-order chi connectivity index (χ1) is 7.20. The second-order valence-corrected chi connectivity index (χ2v) is 3.68. The van der Waals surface area contributed by atoms with Crippen LogP contribution >= 0.6 is 15.9 Å². The Balaban J connectivity index is 3.25. The lowest BCUT2D eigenvalue weighted by Gasteiger charge is -2.15. The minimum absolute atomic E-state index is 0.148. The zero-order valence-electron chi connectivity index (χ0n) is 7.49. The average Bonchev–Trinajstić information content (AvgIpc) is 2.07. The summed E-state index contributed by atoms with van der Waals surface area (Å²) in [5.74, 6) is -1.06. The van der Waals surface area contributed by atoms with Crippen molar-refractivity contribution < 1.29 is 26.7 Å². The van der Waals surface area contributed by atoms with E-state index in [-0.39, 0.29) is 4.47 Å². The van der Waals surface area contributed by atoms with Crippen LogP contribution in [-0.2, 0) is 0 Å². The van der Waals surface area contributed by atoms with E-state index in [1.165, 1.54) is 0 Å². The number of hydrogen-bond acceptors (Lipinski definition) is 2. The van der Waals surface area contributed by atoms with E-state index in [0.717, 1.165) is 12.1 Å². The van der Waals surface area contributed by atoms with Crippen LogP contribution in [0.5, 0.6) is 5.75 Å². The summed E-state index contributed by atoms with van der Waals surface area (Å²) in [7, 11) is 0. The van der Waals surface area contributed by atoms with Crippen molar-refractivity contribution in [2.24, 2.45) is 0 Å². The quantitative estimate of drug-likeness (QED) is 0.665. The molecule has 0 saturated carbocycles. The van der Waals surface area contributed by atoms with Gasteiger partial charge >= 0.3 is 6.36 Å². The first-order valence-electron chi connectivity index (χ1n) is 3.83. The SMILES string of the molecule is Nc1cc(Br)cc(C(F)F)c1OC(F)(F)F. The van der Waals surface area contributed by atoms with Gasteiger partial charge < -0.3 is 10.5 Å². The van der Waals surface area contributed by atoms with Crippen LogP contribution in [0.3, 0.4) is 0 Å². The first kappa shape index (κ1) is 13.0. The van der Waals surface area contributed by atoms with Crippen LogP contribution in [-0.4, -0.2) is 6.36 Å². The third-order valence-corrected chi connectivity index (χ3v) is 2.02. The van der Waals surface area contributed by atoms with E-state index in [9.17, 15) is 22.0 Å². The molecule has 0 aliphatic rings. The highest BCUT2D eigenvalue weighted by Gasteiger charge is 2.34. The molecule has 1 rings (SSSR count). The monoisotopic (exact) mass is 305 g/mol. The van der Waals surface area contributed by atoms with Gasteiger partial charge in [0.1, 0.15) is 0 Å². The second-order valence-electron chi connectivity index (χ2n) is 2.76. The maximum absolute atomic E-state index is 12.4. The van der Waals surface area contributed by atoms with Gasteiger partial charge in [0.25, 0.3) is 6.43 Å². The molecule has 1 aromatic rings. The van der Waals surface area contributed by atoms with Gasteiger partial charge in [-0.25, -0.2) is 8.78 Å². The van der Waals surface area contributed by atoms with Gasteiger partial charge in [-0.05, 0) is 12.1 Å². The molecule has 0 amide bonds. The van der Waals surface area contributed by atoms with Gasteiger partial charge in [-0.2, -0.15) is 0 Å². The number of rotatable bonds is 2. The summed E-state index contributed by atoms with van der Waals surface area (Å²) in [4.78, 5) is 0. The number of benzene rings is 1. The molecule has 0 radical (unpaired) electrons. The minimum Gasteiger partial charge on any atom is -0.403 e. The van der Waals surface area contributed by atoms with Gasteiger partial charge in [0.15, 0.2) is 5.75 Å². The van der Waals surface area contributed by atoms with Crippen molar-refractivity contribution in [3.8, 4) is 5.75 Å². The zero-order chi connectivity index (χ0) is 12.5. The summed E-state index contributed by atoms with van der Waals surface area (Å²) in [5, 5.41) is 0. The van der Waals surface area contributed by atoms with Gasteiger partial charge in [0.2, 0.25) is 0 Å². The smallest absolute Gasteiger partial charge is 0.403 e. The fraction of sp³-hybridized carbons (Fsp3) is 0.250. The highest BCUT2D eigenvalue weighted by molar-refractivity contribution is 9.10. The minimum atomic E-state index is -5.06. The normalized spacial score (nSPS) is 11.9. The van der Waals surface area contributed by atoms with E-state index in [0.29, 0.717) is 0 Å². The molecule has 0 aliphatic heterocycles. The molecule has 16 heavy (non-hydrogen) atoms. The molecular weight excluding hydrogens is 301 g/mol. The van der Waals surface area contributed by atoms with E-state index < -0.39 is 29.8 Å². The summed E-state index contributed by atoms with van der Waals surface area (Å²) in [5.41, 5.74) is 3.75. The number of anilines is 1. The maximum atomic E-state index is 12.4. The highest BCUT2D eigenvalue weighted by atomic mass is 79.9. The molecule has 8 heteroatoms. The molecular formula is C8H5BrF5NO. The van der Waals surface area contributed by atoms with E-state index in [2.05, 4.69) is 20.7 Å². The molecule has 2 nitrogen and oxygen atoms in total. The second kappa shape index (κ2) is 4.44. The fourth-order valence-corrected chi connectivity index (χ4v) is 1.53. The van der Waals surface area contributed by atoms with Crippen LogP contribution in [0.1, 0.15) is 12.0 Å². The molecule has 0 spiro atoms. The molecule has 90 valence electrons. The van der Waals surface area contributed by atoms with Crippen molar-refractivity contribution in [3.63, 3.8) is 0 Å². The summed E-state index contributed by atoms with van der Waals surface area (Å²) in [6.45, 7) is 0. The van der Waals surface area contributed by atoms with Gasteiger partial charge in [-0.3, -0.25) is 0 Å². The summed E-state index contributed by atoms with van der Waals surface area (Å²) >= 11 is 2.84. The van der Waals surface area contributed by atoms with E-state index in [1.54, 1.807) is 0 Å². The number of nitrogens with two attached hydrogens (primary N) is 1. The molecule has 0 fully saturated rings. The van der Waals surface area contributed by atoms with Crippen LogP contribution in [0.25, 0.3) is 0 Å². The fourth-order valence-electron chi connectivity index (χ4n) is 1.03. The van der Waals surface area contributed by atoms with E-state index in [1.807, 2.05) is 0 Å². The zero-order valence-corrected chi connectivity index (χ0v) is 9.07. The van der Waals surface area contributed by atoms with E-state index in [4.69, 9.17) is 5.73 Å². The number of ether oxygens (including phenoxy) is 1. The Morgan fingerprint density at radius 2 is 1.81 bits per heavy atom. The topological polar surface area (TPSA) is 35.2 Å². The predicted molar refractivity (Wildman–Crippen MR) is 50.2 cm³/mol. The largest absolute Gasteiger partial charge is 0.573 e. The third kappa shape index (κ3) is 3.22. The average molecular weight is 306 g/mol. The van der Waals surface area contributed by atoms with Gasteiger partial charge in [-0.15, -0.1) is 13.2 Å². The molecule has 2 N–H and O–H groups in total. The highest BCUT2D eigenvalue weighted by Crippen LogP contribution is 2.39. The van der Waals surface area contributed by atoms with Gasteiger partial charge in [0, 0.05) is 4.47 Å². The van der Waals surface area contributed by atoms with Gasteiger partial charge in [0.05, 0.1) is 11.3 Å². The van der Waals surface area contributed by atoms with Crippen molar-refractivity contribution >= 4 is 21.6 Å². The standard InChI is InChI=1S/C8H5BrF5NO/c9-3-1-4(7(10)11)6(5(15)2-3)16-8(12,13)14/h1-2,7H,15H2. The Labute approximate surface area is 95.3 Å². The molecule has 0 aromatic heterocycles. The third-order valence-electron chi connectivity index (χ3n) is 1.56. The molecule has 1 aromatic carbocycles. The number of hydrogen-bond donors (Lipinski definition) is 1. The molecule has 0 saturated heterocycles. The summed E-state index contributed by atoms with van der Waals surface area (Å²) in [6, 6.07) is 1.87. The van der Waals surface area contributed by atoms with Crippen molar-refractivity contribution in [3.05, 3.63) is 22.2 Å². The van der Waals surface area contributed by atoms with Crippen LogP contribution in [0.4, 0.5) is 27.6 Å². The first-order valence-corrected chi connectivity index (χ1v) is 4.63. The molecule has 0 atom stereocenters. The Morgan fingerprint density at radius 1 is 1.25 bits per heavy atom. The predicted octanol–water partition coefficient (Wildman–Crippen LogP) is 3.87. The Bertz CT molecular complexity index is 393. The molecule has 0 unspecified atom stereocenters. The summed E-state index contributed by atoms with van der Waals surface area (Å²) < 4.78 is 64.3. The molecule has 0 bridgehead atoms. The van der Waals surface area contributed by atoms with Crippen LogP contribution in [0, 0.1) is 0 Å². The Hall–Kier alpha value is -1.05. The summed E-state index contributed by atoms with van der Waals surface area (Å²) in [6.07, 6.45) is -8.18. The van der Waals surface area contributed by atoms with Crippen molar-refractivity contribution in [2.45, 2.75) is 12.8 Å². The van der Waals surface area contributed by atoms with Crippen LogP contribution in [0.15, 0.2) is 16.6 Å². The molecule has 0 aliphatic carbocycles.